The third-order valence-electron chi connectivity index (χ3n) is 4.45. The van der Waals surface area contributed by atoms with Crippen molar-refractivity contribution in [2.75, 3.05) is 14.2 Å². The molecule has 0 aliphatic rings. The fourth-order valence-electron chi connectivity index (χ4n) is 3.17. The van der Waals surface area contributed by atoms with Gasteiger partial charge in [-0.25, -0.2) is 4.98 Å². The number of imidazole rings is 1. The second kappa shape index (κ2) is 7.38. The van der Waals surface area contributed by atoms with Gasteiger partial charge in [0.25, 0.3) is 0 Å². The van der Waals surface area contributed by atoms with Crippen molar-refractivity contribution in [1.82, 2.24) is 9.55 Å². The maximum absolute atomic E-state index is 5.65. The van der Waals surface area contributed by atoms with Crippen molar-refractivity contribution < 1.29 is 9.47 Å². The van der Waals surface area contributed by atoms with E-state index in [1.165, 1.54) is 0 Å². The van der Waals surface area contributed by atoms with Gasteiger partial charge in [-0.2, -0.15) is 0 Å². The van der Waals surface area contributed by atoms with Crippen molar-refractivity contribution in [2.45, 2.75) is 0 Å². The van der Waals surface area contributed by atoms with E-state index in [2.05, 4.69) is 35.0 Å². The highest BCUT2D eigenvalue weighted by Gasteiger charge is 2.19. The van der Waals surface area contributed by atoms with Crippen molar-refractivity contribution in [3.05, 3.63) is 85.1 Å². The van der Waals surface area contributed by atoms with Gasteiger partial charge < -0.3 is 9.47 Å². The molecule has 0 aliphatic heterocycles. The van der Waals surface area contributed by atoms with Crippen LogP contribution < -0.4 is 9.47 Å². The lowest BCUT2D eigenvalue weighted by atomic mass is 10.1. The van der Waals surface area contributed by atoms with Crippen LogP contribution in [0.5, 0.6) is 11.5 Å². The van der Waals surface area contributed by atoms with E-state index in [9.17, 15) is 0 Å². The Morgan fingerprint density at radius 2 is 1.44 bits per heavy atom. The molecule has 3 aromatic carbocycles. The zero-order chi connectivity index (χ0) is 18.6. The van der Waals surface area contributed by atoms with Crippen molar-refractivity contribution >= 4 is 0 Å². The SMILES string of the molecule is COc1cccc(-c2nc(-c3ccccc3)cn2-c2ccccc2)c1OC. The van der Waals surface area contributed by atoms with E-state index in [0.29, 0.717) is 11.5 Å². The van der Waals surface area contributed by atoms with Crippen LogP contribution in [0.2, 0.25) is 0 Å². The second-order valence-electron chi connectivity index (χ2n) is 6.06. The van der Waals surface area contributed by atoms with Crippen LogP contribution in [0.25, 0.3) is 28.3 Å². The zero-order valence-corrected chi connectivity index (χ0v) is 15.3. The first-order valence-electron chi connectivity index (χ1n) is 8.73. The maximum atomic E-state index is 5.65. The van der Waals surface area contributed by atoms with Crippen LogP contribution in [0, 0.1) is 0 Å². The number of nitrogens with zero attached hydrogens (tertiary/aromatic N) is 2. The molecule has 0 aliphatic carbocycles. The van der Waals surface area contributed by atoms with Crippen LogP contribution in [-0.4, -0.2) is 23.8 Å². The predicted molar refractivity (Wildman–Crippen MR) is 108 cm³/mol. The molecule has 4 heteroatoms. The topological polar surface area (TPSA) is 36.3 Å². The highest BCUT2D eigenvalue weighted by atomic mass is 16.5. The molecule has 0 N–H and O–H groups in total. The second-order valence-corrected chi connectivity index (χ2v) is 6.06. The molecule has 1 heterocycles. The van der Waals surface area contributed by atoms with E-state index in [1.54, 1.807) is 14.2 Å². The number of ether oxygens (including phenoxy) is 2. The molecule has 0 saturated heterocycles. The molecule has 4 nitrogen and oxygen atoms in total. The van der Waals surface area contributed by atoms with Crippen LogP contribution in [-0.2, 0) is 0 Å². The Hall–Kier alpha value is -3.53. The normalized spacial score (nSPS) is 10.6. The van der Waals surface area contributed by atoms with Crippen molar-refractivity contribution in [2.24, 2.45) is 0 Å². The summed E-state index contributed by atoms with van der Waals surface area (Å²) in [6.07, 6.45) is 2.05. The van der Waals surface area contributed by atoms with Crippen molar-refractivity contribution in [1.29, 1.82) is 0 Å². The highest BCUT2D eigenvalue weighted by molar-refractivity contribution is 5.73. The van der Waals surface area contributed by atoms with Gasteiger partial charge in [-0.05, 0) is 24.3 Å². The van der Waals surface area contributed by atoms with E-state index in [-0.39, 0.29) is 0 Å². The lowest BCUT2D eigenvalue weighted by Gasteiger charge is -2.13. The summed E-state index contributed by atoms with van der Waals surface area (Å²) in [4.78, 5) is 4.94. The molecule has 27 heavy (non-hydrogen) atoms. The van der Waals surface area contributed by atoms with Crippen LogP contribution in [0.15, 0.2) is 85.1 Å². The maximum Gasteiger partial charge on any atom is 0.171 e. The van der Waals surface area contributed by atoms with E-state index >= 15 is 0 Å². The van der Waals surface area contributed by atoms with Gasteiger partial charge in [-0.3, -0.25) is 4.57 Å². The lowest BCUT2D eigenvalue weighted by Crippen LogP contribution is -1.99. The van der Waals surface area contributed by atoms with Gasteiger partial charge in [0.2, 0.25) is 0 Å². The van der Waals surface area contributed by atoms with Crippen LogP contribution in [0.3, 0.4) is 0 Å². The fourth-order valence-corrected chi connectivity index (χ4v) is 3.17. The minimum Gasteiger partial charge on any atom is -0.493 e. The molecule has 134 valence electrons. The predicted octanol–water partition coefficient (Wildman–Crippen LogP) is 5.22. The molecular formula is C23H20N2O2. The summed E-state index contributed by atoms with van der Waals surface area (Å²) >= 11 is 0. The number of methoxy groups -OCH3 is 2. The summed E-state index contributed by atoms with van der Waals surface area (Å²) in [6, 6.07) is 26.2. The van der Waals surface area contributed by atoms with Gasteiger partial charge >= 0.3 is 0 Å². The molecule has 0 unspecified atom stereocenters. The summed E-state index contributed by atoms with van der Waals surface area (Å²) in [5, 5.41) is 0. The highest BCUT2D eigenvalue weighted by Crippen LogP contribution is 2.39. The van der Waals surface area contributed by atoms with E-state index in [0.717, 1.165) is 28.3 Å². The third-order valence-corrected chi connectivity index (χ3v) is 4.45. The molecule has 0 fully saturated rings. The number of hydrogen-bond donors (Lipinski definition) is 0. The Bertz CT molecular complexity index is 1040. The minimum atomic E-state index is 0.669. The van der Waals surface area contributed by atoms with Gasteiger partial charge in [-0.15, -0.1) is 0 Å². The summed E-state index contributed by atoms with van der Waals surface area (Å²) in [5.41, 5.74) is 3.88. The summed E-state index contributed by atoms with van der Waals surface area (Å²) < 4.78 is 13.2. The standard InChI is InChI=1S/C23H20N2O2/c1-26-21-15-9-14-19(22(21)27-2)23-24-20(17-10-5-3-6-11-17)16-25(23)18-12-7-4-8-13-18/h3-16H,1-2H3. The van der Waals surface area contributed by atoms with Crippen molar-refractivity contribution in [3.8, 4) is 39.8 Å². The number of benzene rings is 3. The van der Waals surface area contributed by atoms with Gasteiger partial charge in [0.05, 0.1) is 25.5 Å². The summed E-state index contributed by atoms with van der Waals surface area (Å²) in [7, 11) is 3.29. The smallest absolute Gasteiger partial charge is 0.171 e. The number of para-hydroxylation sites is 2. The molecular weight excluding hydrogens is 336 g/mol. The lowest BCUT2D eigenvalue weighted by molar-refractivity contribution is 0.356. The largest absolute Gasteiger partial charge is 0.493 e. The Labute approximate surface area is 158 Å². The molecule has 0 bridgehead atoms. The molecule has 0 spiro atoms. The van der Waals surface area contributed by atoms with Crippen LogP contribution in [0.4, 0.5) is 0 Å². The first kappa shape index (κ1) is 16.9. The zero-order valence-electron chi connectivity index (χ0n) is 15.3. The van der Waals surface area contributed by atoms with Gasteiger partial charge in [0.1, 0.15) is 5.82 Å². The summed E-state index contributed by atoms with van der Waals surface area (Å²) in [5.74, 6) is 2.15. The van der Waals surface area contributed by atoms with E-state index in [1.807, 2.05) is 54.6 Å². The molecule has 0 atom stereocenters. The van der Waals surface area contributed by atoms with Gasteiger partial charge in [0, 0.05) is 17.4 Å². The van der Waals surface area contributed by atoms with Crippen LogP contribution >= 0.6 is 0 Å². The number of hydrogen-bond acceptors (Lipinski definition) is 3. The molecule has 0 radical (unpaired) electrons. The monoisotopic (exact) mass is 356 g/mol. The Morgan fingerprint density at radius 1 is 0.741 bits per heavy atom. The Morgan fingerprint density at radius 3 is 2.11 bits per heavy atom. The van der Waals surface area contributed by atoms with Crippen molar-refractivity contribution in [3.63, 3.8) is 0 Å². The molecule has 1 aromatic heterocycles. The van der Waals surface area contributed by atoms with Gasteiger partial charge in [-0.1, -0.05) is 54.6 Å². The fraction of sp³-hybridized carbons (Fsp3) is 0.0870. The average molecular weight is 356 g/mol. The minimum absolute atomic E-state index is 0.669. The molecule has 4 aromatic rings. The summed E-state index contributed by atoms with van der Waals surface area (Å²) in [6.45, 7) is 0. The number of rotatable bonds is 5. The Balaban J connectivity index is 1.96. The molecule has 0 amide bonds. The first-order chi connectivity index (χ1) is 13.3. The van der Waals surface area contributed by atoms with Gasteiger partial charge in [0.15, 0.2) is 11.5 Å². The van der Waals surface area contributed by atoms with Crippen LogP contribution in [0.1, 0.15) is 0 Å². The number of aromatic nitrogens is 2. The third kappa shape index (κ3) is 3.17. The Kier molecular flexibility index (Phi) is 4.62. The molecule has 4 rings (SSSR count). The molecule has 0 saturated carbocycles. The van der Waals surface area contributed by atoms with E-state index in [4.69, 9.17) is 14.5 Å². The first-order valence-corrected chi connectivity index (χ1v) is 8.73. The average Bonchev–Trinajstić information content (AvgIpc) is 3.19. The van der Waals surface area contributed by atoms with E-state index < -0.39 is 0 Å². The quantitative estimate of drug-likeness (QED) is 0.492.